The Morgan fingerprint density at radius 1 is 0.857 bits per heavy atom. The van der Waals surface area contributed by atoms with Crippen LogP contribution in [-0.4, -0.2) is 13.1 Å². The number of aryl methyl sites for hydroxylation is 1. The highest BCUT2D eigenvalue weighted by molar-refractivity contribution is 6.89. The van der Waals surface area contributed by atoms with Crippen molar-refractivity contribution in [1.82, 2.24) is 4.98 Å². The Labute approximate surface area is 335 Å². The van der Waals surface area contributed by atoms with Gasteiger partial charge in [-0.25, -0.2) is 4.98 Å². The van der Waals surface area contributed by atoms with Crippen LogP contribution in [0.2, 0.25) is 19.6 Å². The average Bonchev–Trinajstić information content (AvgIpc) is 3.58. The SMILES string of the molecule is C=C1C2C(CCc3ccc4c(oc5nc(C(C)C)ccc54)c3-c3cc(C(C)C(C)C)cc[n+]31)c1ccccc1-c1cc(CC3CCCCC3)c([Si](C)(C)C)c[n+]12. The maximum atomic E-state index is 6.92. The lowest BCUT2D eigenvalue weighted by molar-refractivity contribution is -0.726. The second kappa shape index (κ2) is 14.2. The molecule has 0 bridgehead atoms. The van der Waals surface area contributed by atoms with Gasteiger partial charge in [0.1, 0.15) is 0 Å². The Morgan fingerprint density at radius 2 is 1.62 bits per heavy atom. The third-order valence-corrected chi connectivity index (χ3v) is 16.0. The normalized spacial score (nSPS) is 19.2. The molecule has 0 spiro atoms. The Bertz CT molecular complexity index is 2490. The van der Waals surface area contributed by atoms with Crippen molar-refractivity contribution in [2.45, 2.75) is 129 Å². The third-order valence-electron chi connectivity index (χ3n) is 13.9. The van der Waals surface area contributed by atoms with E-state index in [-0.39, 0.29) is 12.0 Å². The van der Waals surface area contributed by atoms with Gasteiger partial charge in [-0.2, -0.15) is 9.13 Å². The van der Waals surface area contributed by atoms with Crippen molar-refractivity contribution in [3.8, 4) is 22.5 Å². The predicted octanol–water partition coefficient (Wildman–Crippen LogP) is 12.2. The second-order valence-electron chi connectivity index (χ2n) is 19.2. The van der Waals surface area contributed by atoms with E-state index in [4.69, 9.17) is 16.0 Å². The number of hydrogen-bond acceptors (Lipinski definition) is 2. The third kappa shape index (κ3) is 6.29. The maximum absolute atomic E-state index is 6.92. The first kappa shape index (κ1) is 37.2. The molecule has 3 atom stereocenters. The van der Waals surface area contributed by atoms with Crippen LogP contribution in [0.15, 0.2) is 90.1 Å². The van der Waals surface area contributed by atoms with Gasteiger partial charge in [-0.05, 0) is 90.0 Å². The van der Waals surface area contributed by atoms with Crippen molar-refractivity contribution >= 4 is 41.0 Å². The molecule has 5 heteroatoms. The fourth-order valence-electron chi connectivity index (χ4n) is 10.4. The van der Waals surface area contributed by atoms with Gasteiger partial charge in [-0.15, -0.1) is 0 Å². The van der Waals surface area contributed by atoms with Crippen LogP contribution in [0, 0.1) is 11.8 Å². The maximum Gasteiger partial charge on any atom is 0.249 e. The molecule has 3 unspecified atom stereocenters. The molecule has 1 aliphatic carbocycles. The molecule has 4 aromatic heterocycles. The van der Waals surface area contributed by atoms with Gasteiger partial charge in [0.05, 0.1) is 19.6 Å². The molecule has 1 saturated carbocycles. The van der Waals surface area contributed by atoms with E-state index in [1.165, 1.54) is 77.7 Å². The quantitative estimate of drug-likeness (QED) is 0.125. The fraction of sp³-hybridized carbons (Fsp3) is 0.431. The lowest BCUT2D eigenvalue weighted by Crippen LogP contribution is -2.57. The summed E-state index contributed by atoms with van der Waals surface area (Å²) in [6.07, 6.45) is 15.0. The minimum absolute atomic E-state index is 0.0617. The number of rotatable bonds is 6. The number of benzene rings is 2. The van der Waals surface area contributed by atoms with Gasteiger partial charge in [-0.3, -0.25) is 0 Å². The lowest BCUT2D eigenvalue weighted by atomic mass is 9.78. The van der Waals surface area contributed by atoms with E-state index in [2.05, 4.69) is 143 Å². The summed E-state index contributed by atoms with van der Waals surface area (Å²) < 4.78 is 12.0. The summed E-state index contributed by atoms with van der Waals surface area (Å²) in [6.45, 7) is 24.2. The molecule has 3 aliphatic rings. The van der Waals surface area contributed by atoms with E-state index >= 15 is 0 Å². The molecule has 9 rings (SSSR count). The van der Waals surface area contributed by atoms with Crippen molar-refractivity contribution < 1.29 is 13.6 Å². The minimum Gasteiger partial charge on any atom is -0.437 e. The Kier molecular flexibility index (Phi) is 9.47. The van der Waals surface area contributed by atoms with E-state index in [0.717, 1.165) is 52.2 Å². The Morgan fingerprint density at radius 3 is 2.38 bits per heavy atom. The van der Waals surface area contributed by atoms with Gasteiger partial charge in [0.2, 0.25) is 28.8 Å². The van der Waals surface area contributed by atoms with Crippen LogP contribution in [0.3, 0.4) is 0 Å². The van der Waals surface area contributed by atoms with Crippen LogP contribution in [0.4, 0.5) is 0 Å². The molecule has 2 aromatic carbocycles. The highest BCUT2D eigenvalue weighted by Crippen LogP contribution is 2.47. The number of nitrogens with zero attached hydrogens (tertiary/aromatic N) is 3. The summed E-state index contributed by atoms with van der Waals surface area (Å²) in [5.74, 6) is 2.30. The zero-order valence-electron chi connectivity index (χ0n) is 35.1. The number of furan rings is 1. The second-order valence-corrected chi connectivity index (χ2v) is 24.2. The first-order chi connectivity index (χ1) is 26.9. The summed E-state index contributed by atoms with van der Waals surface area (Å²) in [7, 11) is -1.71. The molecule has 0 amide bonds. The minimum atomic E-state index is -1.71. The number of hydrogen-bond donors (Lipinski definition) is 0. The monoisotopic (exact) mass is 759 g/mol. The topological polar surface area (TPSA) is 33.8 Å². The molecule has 4 nitrogen and oxygen atoms in total. The smallest absolute Gasteiger partial charge is 0.249 e. The molecule has 56 heavy (non-hydrogen) atoms. The molecule has 0 N–H and O–H groups in total. The first-order valence-corrected chi connectivity index (χ1v) is 25.2. The first-order valence-electron chi connectivity index (χ1n) is 21.7. The molecule has 6 aromatic rings. The standard InChI is InChI=1S/C51H61N3OSi/c1-31(2)33(5)37-25-26-53-34(6)49-41(21-19-36-20-22-42-43-23-24-44(32(3)4)52-51(43)55-50(42)48(36)46(53)28-37)39-17-13-14-18-40(39)45-29-38(27-35-15-11-10-12-16-35)47(30-54(45)49)56(7,8)9/h13-14,17-18,20,22-26,28-33,35,41,49H,6,10-12,15-16,19,21,27H2,1-5,7-9H3/q+2. The van der Waals surface area contributed by atoms with Crippen LogP contribution >= 0.6 is 0 Å². The van der Waals surface area contributed by atoms with Crippen LogP contribution in [0.25, 0.3) is 50.3 Å². The van der Waals surface area contributed by atoms with E-state index in [1.54, 1.807) is 10.8 Å². The van der Waals surface area contributed by atoms with Crippen molar-refractivity contribution in [1.29, 1.82) is 0 Å². The van der Waals surface area contributed by atoms with Gasteiger partial charge in [0.25, 0.3) is 0 Å². The van der Waals surface area contributed by atoms with Crippen molar-refractivity contribution in [2.24, 2.45) is 11.8 Å². The summed E-state index contributed by atoms with van der Waals surface area (Å²) in [5.41, 5.74) is 14.7. The van der Waals surface area contributed by atoms with Gasteiger partial charge in [-0.1, -0.05) is 117 Å². The molecular weight excluding hydrogens is 699 g/mol. The largest absolute Gasteiger partial charge is 0.437 e. The molecule has 288 valence electrons. The predicted molar refractivity (Wildman–Crippen MR) is 235 cm³/mol. The summed E-state index contributed by atoms with van der Waals surface area (Å²) in [5, 5.41) is 3.83. The highest BCUT2D eigenvalue weighted by atomic mass is 28.3. The highest BCUT2D eigenvalue weighted by Gasteiger charge is 2.48. The van der Waals surface area contributed by atoms with E-state index in [0.29, 0.717) is 17.8 Å². The summed E-state index contributed by atoms with van der Waals surface area (Å²) in [6, 6.07) is 25.8. The van der Waals surface area contributed by atoms with Crippen LogP contribution in [0.5, 0.6) is 0 Å². The Hall–Kier alpha value is -4.35. The van der Waals surface area contributed by atoms with E-state index < -0.39 is 8.07 Å². The Balaban J connectivity index is 1.29. The van der Waals surface area contributed by atoms with Crippen LogP contribution < -0.4 is 14.3 Å². The zero-order valence-corrected chi connectivity index (χ0v) is 36.1. The van der Waals surface area contributed by atoms with Crippen LogP contribution in [-0.2, 0) is 12.8 Å². The fourth-order valence-corrected chi connectivity index (χ4v) is 12.1. The van der Waals surface area contributed by atoms with Gasteiger partial charge < -0.3 is 4.42 Å². The van der Waals surface area contributed by atoms with Gasteiger partial charge >= 0.3 is 0 Å². The zero-order chi connectivity index (χ0) is 39.0. The summed E-state index contributed by atoms with van der Waals surface area (Å²) in [4.78, 5) is 5.05. The molecule has 2 aliphatic heterocycles. The van der Waals surface area contributed by atoms with E-state index in [9.17, 15) is 0 Å². The number of allylic oxidation sites excluding steroid dienone is 1. The van der Waals surface area contributed by atoms with Crippen molar-refractivity contribution in [2.75, 3.05) is 0 Å². The molecular formula is C51H61N3OSi+2. The molecule has 0 saturated heterocycles. The lowest BCUT2D eigenvalue weighted by Gasteiger charge is -2.32. The van der Waals surface area contributed by atoms with Gasteiger partial charge in [0.15, 0.2) is 18.0 Å². The van der Waals surface area contributed by atoms with Crippen molar-refractivity contribution in [3.63, 3.8) is 0 Å². The average molecular weight is 760 g/mol. The van der Waals surface area contributed by atoms with Gasteiger partial charge in [0, 0.05) is 45.4 Å². The molecule has 6 heterocycles. The molecule has 1 fully saturated rings. The number of pyridine rings is 3. The summed E-state index contributed by atoms with van der Waals surface area (Å²) >= 11 is 0. The molecule has 0 radical (unpaired) electrons. The number of fused-ring (bicyclic) bond motifs is 13. The van der Waals surface area contributed by atoms with Crippen molar-refractivity contribution in [3.05, 3.63) is 114 Å². The van der Waals surface area contributed by atoms with Crippen LogP contribution in [0.1, 0.15) is 125 Å². The van der Waals surface area contributed by atoms with E-state index in [1.807, 2.05) is 0 Å². The number of aromatic nitrogens is 3.